The number of nitrogen functional groups attached to an aromatic ring is 1. The van der Waals surface area contributed by atoms with Crippen LogP contribution >= 0.6 is 0 Å². The third kappa shape index (κ3) is 3.41. The van der Waals surface area contributed by atoms with E-state index in [1.165, 1.54) is 44.1 Å². The molecule has 1 spiro atoms. The third-order valence-corrected chi connectivity index (χ3v) is 5.27. The highest BCUT2D eigenvalue weighted by molar-refractivity contribution is 5.39. The normalized spacial score (nSPS) is 24.8. The topological polar surface area (TPSA) is 38.5 Å². The van der Waals surface area contributed by atoms with Crippen molar-refractivity contribution in [2.45, 2.75) is 63.6 Å². The van der Waals surface area contributed by atoms with Crippen LogP contribution in [0.3, 0.4) is 0 Å². The smallest absolute Gasteiger partial charge is 0.0697 e. The number of anilines is 1. The van der Waals surface area contributed by atoms with E-state index < -0.39 is 0 Å². The first kappa shape index (κ1) is 14.9. The van der Waals surface area contributed by atoms with E-state index in [9.17, 15) is 0 Å². The van der Waals surface area contributed by atoms with Crippen molar-refractivity contribution in [3.05, 3.63) is 29.8 Å². The van der Waals surface area contributed by atoms with Gasteiger partial charge in [0.25, 0.3) is 0 Å². The van der Waals surface area contributed by atoms with Crippen molar-refractivity contribution < 1.29 is 4.74 Å². The Morgan fingerprint density at radius 3 is 2.62 bits per heavy atom. The Bertz CT molecular complexity index is 451. The molecule has 0 bridgehead atoms. The second-order valence-electron chi connectivity index (χ2n) is 6.69. The Labute approximate surface area is 128 Å². The maximum Gasteiger partial charge on any atom is 0.0697 e. The highest BCUT2D eigenvalue weighted by Gasteiger charge is 2.41. The predicted octanol–water partition coefficient (Wildman–Crippen LogP) is 3.58. The maximum atomic E-state index is 6.17. The summed E-state index contributed by atoms with van der Waals surface area (Å²) in [6.07, 6.45) is 7.61. The standard InChI is InChI=1S/C18H28N2O/c1-2-20(14-15-5-7-16(19)8-6-15)17-9-12-21-18(13-17)10-3-4-11-18/h5-8,17H,2-4,9-14,19H2,1H3. The van der Waals surface area contributed by atoms with Gasteiger partial charge in [0.2, 0.25) is 0 Å². The Kier molecular flexibility index (Phi) is 4.51. The van der Waals surface area contributed by atoms with E-state index >= 15 is 0 Å². The molecule has 0 aromatic heterocycles. The molecular weight excluding hydrogens is 260 g/mol. The van der Waals surface area contributed by atoms with Gasteiger partial charge in [-0.1, -0.05) is 31.9 Å². The average molecular weight is 288 g/mol. The lowest BCUT2D eigenvalue weighted by Crippen LogP contribution is -2.47. The first-order valence-electron chi connectivity index (χ1n) is 8.43. The fourth-order valence-electron chi connectivity index (χ4n) is 4.04. The van der Waals surface area contributed by atoms with Crippen molar-refractivity contribution in [2.24, 2.45) is 0 Å². The lowest BCUT2D eigenvalue weighted by molar-refractivity contribution is -0.102. The Balaban J connectivity index is 1.66. The Morgan fingerprint density at radius 1 is 1.24 bits per heavy atom. The van der Waals surface area contributed by atoms with Crippen molar-refractivity contribution >= 4 is 5.69 Å². The maximum absolute atomic E-state index is 6.17. The molecule has 2 fully saturated rings. The van der Waals surface area contributed by atoms with Crippen LogP contribution in [0.15, 0.2) is 24.3 Å². The Morgan fingerprint density at radius 2 is 1.95 bits per heavy atom. The van der Waals surface area contributed by atoms with E-state index in [4.69, 9.17) is 10.5 Å². The summed E-state index contributed by atoms with van der Waals surface area (Å²) in [7, 11) is 0. The summed E-state index contributed by atoms with van der Waals surface area (Å²) in [6, 6.07) is 8.99. The summed E-state index contributed by atoms with van der Waals surface area (Å²) in [4.78, 5) is 2.62. The lowest BCUT2D eigenvalue weighted by Gasteiger charge is -2.43. The zero-order chi connectivity index (χ0) is 14.7. The molecule has 1 aliphatic heterocycles. The van der Waals surface area contributed by atoms with Crippen molar-refractivity contribution in [1.29, 1.82) is 0 Å². The largest absolute Gasteiger partial charge is 0.399 e. The molecule has 0 amide bonds. The van der Waals surface area contributed by atoms with E-state index in [2.05, 4.69) is 24.0 Å². The zero-order valence-corrected chi connectivity index (χ0v) is 13.2. The van der Waals surface area contributed by atoms with Crippen LogP contribution in [0.25, 0.3) is 0 Å². The number of ether oxygens (including phenoxy) is 1. The summed E-state index contributed by atoms with van der Waals surface area (Å²) in [5.74, 6) is 0. The molecule has 1 aromatic carbocycles. The first-order chi connectivity index (χ1) is 10.2. The number of hydrogen-bond donors (Lipinski definition) is 1. The van der Waals surface area contributed by atoms with E-state index in [1.54, 1.807) is 0 Å². The summed E-state index contributed by atoms with van der Waals surface area (Å²) in [5, 5.41) is 0. The van der Waals surface area contributed by atoms with Crippen LogP contribution in [0, 0.1) is 0 Å². The van der Waals surface area contributed by atoms with Gasteiger partial charge in [0.15, 0.2) is 0 Å². The number of rotatable bonds is 4. The number of nitrogens with zero attached hydrogens (tertiary/aromatic N) is 1. The quantitative estimate of drug-likeness (QED) is 0.861. The van der Waals surface area contributed by atoms with Gasteiger partial charge in [-0.05, 0) is 49.9 Å². The zero-order valence-electron chi connectivity index (χ0n) is 13.2. The second kappa shape index (κ2) is 6.37. The fraction of sp³-hybridized carbons (Fsp3) is 0.667. The number of benzene rings is 1. The molecule has 1 unspecified atom stereocenters. The van der Waals surface area contributed by atoms with Gasteiger partial charge in [0.1, 0.15) is 0 Å². The molecular formula is C18H28N2O. The molecule has 3 heteroatoms. The van der Waals surface area contributed by atoms with Gasteiger partial charge < -0.3 is 10.5 Å². The summed E-state index contributed by atoms with van der Waals surface area (Å²) < 4.78 is 6.17. The molecule has 1 saturated heterocycles. The van der Waals surface area contributed by atoms with Gasteiger partial charge in [0.05, 0.1) is 5.60 Å². The summed E-state index contributed by atoms with van der Waals surface area (Å²) >= 11 is 0. The summed E-state index contributed by atoms with van der Waals surface area (Å²) in [5.41, 5.74) is 8.19. The third-order valence-electron chi connectivity index (χ3n) is 5.27. The predicted molar refractivity (Wildman–Crippen MR) is 87.1 cm³/mol. The van der Waals surface area contributed by atoms with Crippen LogP contribution in [0.4, 0.5) is 5.69 Å². The second-order valence-corrected chi connectivity index (χ2v) is 6.69. The molecule has 1 aliphatic carbocycles. The SMILES string of the molecule is CCN(Cc1ccc(N)cc1)C1CCOC2(CCCC2)C1. The van der Waals surface area contributed by atoms with Gasteiger partial charge in [-0.15, -0.1) is 0 Å². The average Bonchev–Trinajstić information content (AvgIpc) is 2.94. The highest BCUT2D eigenvalue weighted by atomic mass is 16.5. The molecule has 1 atom stereocenters. The van der Waals surface area contributed by atoms with Crippen molar-refractivity contribution in [3.63, 3.8) is 0 Å². The summed E-state index contributed by atoms with van der Waals surface area (Å²) in [6.45, 7) is 5.33. The van der Waals surface area contributed by atoms with Crippen LogP contribution < -0.4 is 5.73 Å². The molecule has 1 heterocycles. The van der Waals surface area contributed by atoms with Crippen LogP contribution in [-0.4, -0.2) is 29.7 Å². The highest BCUT2D eigenvalue weighted by Crippen LogP contribution is 2.41. The van der Waals surface area contributed by atoms with Crippen LogP contribution in [0.5, 0.6) is 0 Å². The molecule has 2 N–H and O–H groups in total. The van der Waals surface area contributed by atoms with Gasteiger partial charge in [-0.2, -0.15) is 0 Å². The lowest BCUT2D eigenvalue weighted by atomic mass is 9.88. The molecule has 0 radical (unpaired) electrons. The Hall–Kier alpha value is -1.06. The van der Waals surface area contributed by atoms with Gasteiger partial charge in [-0.25, -0.2) is 0 Å². The van der Waals surface area contributed by atoms with Crippen LogP contribution in [0.1, 0.15) is 51.0 Å². The number of hydrogen-bond acceptors (Lipinski definition) is 3. The molecule has 3 rings (SSSR count). The van der Waals surface area contributed by atoms with Gasteiger partial charge in [-0.3, -0.25) is 4.90 Å². The van der Waals surface area contributed by atoms with Gasteiger partial charge in [0, 0.05) is 24.9 Å². The molecule has 3 nitrogen and oxygen atoms in total. The minimum Gasteiger partial charge on any atom is -0.399 e. The fourth-order valence-corrected chi connectivity index (χ4v) is 4.04. The minimum absolute atomic E-state index is 0.206. The molecule has 1 saturated carbocycles. The molecule has 116 valence electrons. The first-order valence-corrected chi connectivity index (χ1v) is 8.43. The van der Waals surface area contributed by atoms with Gasteiger partial charge >= 0.3 is 0 Å². The van der Waals surface area contributed by atoms with Crippen LogP contribution in [0.2, 0.25) is 0 Å². The number of nitrogens with two attached hydrogens (primary N) is 1. The van der Waals surface area contributed by atoms with Crippen molar-refractivity contribution in [2.75, 3.05) is 18.9 Å². The molecule has 1 aromatic rings. The molecule has 2 aliphatic rings. The van der Waals surface area contributed by atoms with E-state index in [0.717, 1.165) is 25.4 Å². The van der Waals surface area contributed by atoms with E-state index in [-0.39, 0.29) is 5.60 Å². The van der Waals surface area contributed by atoms with Crippen LogP contribution in [-0.2, 0) is 11.3 Å². The monoisotopic (exact) mass is 288 g/mol. The molecule has 21 heavy (non-hydrogen) atoms. The van der Waals surface area contributed by atoms with Crippen molar-refractivity contribution in [3.8, 4) is 0 Å². The minimum atomic E-state index is 0.206. The van der Waals surface area contributed by atoms with E-state index in [1.807, 2.05) is 12.1 Å². The van der Waals surface area contributed by atoms with E-state index in [0.29, 0.717) is 6.04 Å². The van der Waals surface area contributed by atoms with Crippen molar-refractivity contribution in [1.82, 2.24) is 4.90 Å².